The summed E-state index contributed by atoms with van der Waals surface area (Å²) in [4.78, 5) is 25.0. The number of furan rings is 1. The van der Waals surface area contributed by atoms with Crippen molar-refractivity contribution in [2.24, 2.45) is 11.7 Å². The fourth-order valence-corrected chi connectivity index (χ4v) is 3.22. The number of fused-ring (bicyclic) bond motifs is 1. The van der Waals surface area contributed by atoms with Gasteiger partial charge in [0.2, 0.25) is 0 Å². The molecule has 2 aromatic rings. The van der Waals surface area contributed by atoms with Gasteiger partial charge in [0.1, 0.15) is 11.4 Å². The van der Waals surface area contributed by atoms with Crippen LogP contribution in [-0.4, -0.2) is 40.8 Å². The van der Waals surface area contributed by atoms with Crippen molar-refractivity contribution in [3.05, 3.63) is 35.6 Å². The maximum atomic E-state index is 12.6. The van der Waals surface area contributed by atoms with E-state index in [9.17, 15) is 9.59 Å². The van der Waals surface area contributed by atoms with Gasteiger partial charge in [-0.05, 0) is 49.4 Å². The lowest BCUT2D eigenvalue weighted by molar-refractivity contribution is -0.137. The van der Waals surface area contributed by atoms with Crippen LogP contribution in [0.1, 0.15) is 41.8 Å². The van der Waals surface area contributed by atoms with Crippen LogP contribution in [0, 0.1) is 11.3 Å². The Morgan fingerprint density at radius 2 is 2.00 bits per heavy atom. The van der Waals surface area contributed by atoms with Gasteiger partial charge in [-0.1, -0.05) is 0 Å². The highest BCUT2D eigenvalue weighted by Crippen LogP contribution is 2.26. The van der Waals surface area contributed by atoms with E-state index in [0.717, 1.165) is 18.2 Å². The molecule has 0 spiro atoms. The summed E-state index contributed by atoms with van der Waals surface area (Å²) in [6.07, 6.45) is 2.47. The fourth-order valence-electron chi connectivity index (χ4n) is 3.22. The summed E-state index contributed by atoms with van der Waals surface area (Å²) in [5.74, 6) is -0.323. The number of nitrogen functional groups attached to an aromatic ring is 1. The van der Waals surface area contributed by atoms with Crippen LogP contribution in [0.25, 0.3) is 11.0 Å². The van der Waals surface area contributed by atoms with Gasteiger partial charge in [0.05, 0.1) is 0 Å². The molecule has 2 heterocycles. The molecule has 1 fully saturated rings. The van der Waals surface area contributed by atoms with Gasteiger partial charge in [0.15, 0.2) is 5.76 Å². The molecule has 1 saturated heterocycles. The maximum absolute atomic E-state index is 12.6. The third kappa shape index (κ3) is 3.81. The van der Waals surface area contributed by atoms with Gasteiger partial charge in [-0.25, -0.2) is 0 Å². The zero-order chi connectivity index (χ0) is 18.0. The molecule has 4 N–H and O–H groups in total. The lowest BCUT2D eigenvalue weighted by Gasteiger charge is -2.31. The Labute approximate surface area is 144 Å². The van der Waals surface area contributed by atoms with Gasteiger partial charge >= 0.3 is 5.97 Å². The molecule has 0 atom stereocenters. The van der Waals surface area contributed by atoms with Crippen LogP contribution in [0.4, 0.5) is 0 Å². The van der Waals surface area contributed by atoms with E-state index in [1.165, 1.54) is 0 Å². The van der Waals surface area contributed by atoms with E-state index in [4.69, 9.17) is 20.7 Å². The van der Waals surface area contributed by atoms with Crippen LogP contribution in [0.2, 0.25) is 0 Å². The van der Waals surface area contributed by atoms with Gasteiger partial charge < -0.3 is 20.2 Å². The number of piperidine rings is 1. The number of hydrogen-bond donors (Lipinski definition) is 3. The van der Waals surface area contributed by atoms with Crippen molar-refractivity contribution >= 4 is 28.7 Å². The van der Waals surface area contributed by atoms with Crippen molar-refractivity contribution in [2.45, 2.75) is 25.7 Å². The van der Waals surface area contributed by atoms with Crippen molar-refractivity contribution in [3.63, 3.8) is 0 Å². The number of carbonyl (C=O) groups excluding carboxylic acids is 1. The Bertz CT molecular complexity index is 819. The number of carboxylic acid groups (broad SMARTS) is 1. The quantitative estimate of drug-likeness (QED) is 0.569. The van der Waals surface area contributed by atoms with Crippen LogP contribution in [-0.2, 0) is 4.79 Å². The van der Waals surface area contributed by atoms with Crippen LogP contribution in [0.5, 0.6) is 0 Å². The van der Waals surface area contributed by atoms with Gasteiger partial charge in [-0.15, -0.1) is 0 Å². The Morgan fingerprint density at radius 1 is 1.28 bits per heavy atom. The molecule has 0 saturated carbocycles. The van der Waals surface area contributed by atoms with E-state index in [-0.39, 0.29) is 23.9 Å². The Hall–Kier alpha value is -2.83. The Morgan fingerprint density at radius 3 is 2.64 bits per heavy atom. The molecule has 1 amide bonds. The molecule has 0 bridgehead atoms. The number of nitrogens with zero attached hydrogens (tertiary/aromatic N) is 1. The largest absolute Gasteiger partial charge is 0.481 e. The van der Waals surface area contributed by atoms with E-state index >= 15 is 0 Å². The number of carboxylic acids is 1. The summed E-state index contributed by atoms with van der Waals surface area (Å²) in [7, 11) is 0. The number of nitrogens with one attached hydrogen (secondary N) is 1. The third-order valence-corrected chi connectivity index (χ3v) is 4.71. The zero-order valence-electron chi connectivity index (χ0n) is 13.8. The Kier molecular flexibility index (Phi) is 4.74. The lowest BCUT2D eigenvalue weighted by atomic mass is 9.92. The van der Waals surface area contributed by atoms with Crippen LogP contribution in [0.3, 0.4) is 0 Å². The number of amides is 1. The number of hydrogen-bond acceptors (Lipinski definition) is 4. The van der Waals surface area contributed by atoms with Crippen molar-refractivity contribution in [3.8, 4) is 0 Å². The predicted molar refractivity (Wildman–Crippen MR) is 92.7 cm³/mol. The van der Waals surface area contributed by atoms with E-state index in [1.54, 1.807) is 29.2 Å². The summed E-state index contributed by atoms with van der Waals surface area (Å²) < 4.78 is 5.64. The Balaban J connectivity index is 1.66. The maximum Gasteiger partial charge on any atom is 0.303 e. The van der Waals surface area contributed by atoms with Crippen molar-refractivity contribution in [2.75, 3.05) is 13.1 Å². The van der Waals surface area contributed by atoms with E-state index < -0.39 is 5.97 Å². The van der Waals surface area contributed by atoms with Gasteiger partial charge in [0, 0.05) is 30.5 Å². The smallest absolute Gasteiger partial charge is 0.303 e. The standard InChI is InChI=1S/C18H21N3O4/c19-17(20)12-2-3-14-13(9-12)10-15(25-14)18(24)21-7-5-11(6-8-21)1-4-16(22)23/h2-3,9-11H,1,4-8H2,(H3,19,20)(H,22,23). The van der Waals surface area contributed by atoms with Crippen LogP contribution in [0.15, 0.2) is 28.7 Å². The number of carbonyl (C=O) groups is 2. The summed E-state index contributed by atoms with van der Waals surface area (Å²) in [6, 6.07) is 6.81. The first-order valence-electron chi connectivity index (χ1n) is 8.33. The topological polar surface area (TPSA) is 121 Å². The molecular weight excluding hydrogens is 322 g/mol. The SMILES string of the molecule is N=C(N)c1ccc2oc(C(=O)N3CCC(CCC(=O)O)CC3)cc2c1. The van der Waals surface area contributed by atoms with Gasteiger partial charge in [-0.3, -0.25) is 15.0 Å². The van der Waals surface area contributed by atoms with Crippen molar-refractivity contribution < 1.29 is 19.1 Å². The highest BCUT2D eigenvalue weighted by atomic mass is 16.4. The molecule has 0 radical (unpaired) electrons. The first kappa shape index (κ1) is 17.0. The molecule has 0 unspecified atom stereocenters. The molecule has 132 valence electrons. The minimum absolute atomic E-state index is 0.0283. The number of nitrogens with two attached hydrogens (primary N) is 1. The molecule has 7 heteroatoms. The van der Waals surface area contributed by atoms with E-state index in [0.29, 0.717) is 36.6 Å². The minimum atomic E-state index is -0.772. The summed E-state index contributed by atoms with van der Waals surface area (Å²) in [5, 5.41) is 17.0. The molecule has 1 aliphatic heterocycles. The monoisotopic (exact) mass is 343 g/mol. The molecule has 3 rings (SSSR count). The second kappa shape index (κ2) is 6.96. The summed E-state index contributed by atoms with van der Waals surface area (Å²) >= 11 is 0. The molecule has 7 nitrogen and oxygen atoms in total. The molecule has 25 heavy (non-hydrogen) atoms. The first-order valence-corrected chi connectivity index (χ1v) is 8.33. The predicted octanol–water partition coefficient (Wildman–Crippen LogP) is 2.43. The van der Waals surface area contributed by atoms with E-state index in [1.807, 2.05) is 0 Å². The summed E-state index contributed by atoms with van der Waals surface area (Å²) in [6.45, 7) is 1.22. The zero-order valence-corrected chi connectivity index (χ0v) is 13.8. The number of benzene rings is 1. The molecule has 1 aliphatic rings. The normalized spacial score (nSPS) is 15.4. The van der Waals surface area contributed by atoms with E-state index in [2.05, 4.69) is 0 Å². The third-order valence-electron chi connectivity index (χ3n) is 4.71. The number of rotatable bonds is 5. The average Bonchev–Trinajstić information content (AvgIpc) is 3.02. The highest BCUT2D eigenvalue weighted by molar-refractivity contribution is 6.00. The van der Waals surface area contributed by atoms with Crippen molar-refractivity contribution in [1.29, 1.82) is 5.41 Å². The van der Waals surface area contributed by atoms with Gasteiger partial charge in [-0.2, -0.15) is 0 Å². The minimum Gasteiger partial charge on any atom is -0.481 e. The second-order valence-electron chi connectivity index (χ2n) is 6.44. The molecule has 1 aromatic carbocycles. The fraction of sp³-hybridized carbons (Fsp3) is 0.389. The van der Waals surface area contributed by atoms with Gasteiger partial charge in [0.25, 0.3) is 5.91 Å². The number of amidine groups is 1. The lowest BCUT2D eigenvalue weighted by Crippen LogP contribution is -2.38. The average molecular weight is 343 g/mol. The first-order chi connectivity index (χ1) is 11.9. The van der Waals surface area contributed by atoms with Crippen LogP contribution >= 0.6 is 0 Å². The molecular formula is C18H21N3O4. The summed E-state index contributed by atoms with van der Waals surface area (Å²) in [5.41, 5.74) is 6.66. The molecule has 1 aromatic heterocycles. The highest BCUT2D eigenvalue weighted by Gasteiger charge is 2.26. The van der Waals surface area contributed by atoms with Crippen molar-refractivity contribution in [1.82, 2.24) is 4.90 Å². The molecule has 0 aliphatic carbocycles. The second-order valence-corrected chi connectivity index (χ2v) is 6.44. The van der Waals surface area contributed by atoms with Crippen LogP contribution < -0.4 is 5.73 Å². The number of likely N-dealkylation sites (tertiary alicyclic amines) is 1. The number of aliphatic carboxylic acids is 1.